The first kappa shape index (κ1) is 16.6. The van der Waals surface area contributed by atoms with Gasteiger partial charge in [0.1, 0.15) is 17.3 Å². The summed E-state index contributed by atoms with van der Waals surface area (Å²) in [6.07, 6.45) is -2.34. The minimum atomic E-state index is -4.51. The molecule has 24 heavy (non-hydrogen) atoms. The number of ether oxygens (including phenoxy) is 1. The van der Waals surface area contributed by atoms with Gasteiger partial charge < -0.3 is 9.64 Å². The molecule has 0 radical (unpaired) electrons. The van der Waals surface area contributed by atoms with Crippen molar-refractivity contribution in [3.8, 4) is 5.19 Å². The molecule has 0 atom stereocenters. The van der Waals surface area contributed by atoms with E-state index < -0.39 is 11.9 Å². The summed E-state index contributed by atoms with van der Waals surface area (Å²) in [7, 11) is 0. The topological polar surface area (TPSA) is 68.2 Å². The number of carbonyl (C=O) groups excluding carboxylic acids is 1. The third-order valence-corrected chi connectivity index (χ3v) is 4.22. The smallest absolute Gasteiger partial charge is 0.433 e. The summed E-state index contributed by atoms with van der Waals surface area (Å²) in [6.45, 7) is 0.923. The highest BCUT2D eigenvalue weighted by molar-refractivity contribution is 7.11. The normalized spacial score (nSPS) is 16.2. The molecule has 6 nitrogen and oxygen atoms in total. The van der Waals surface area contributed by atoms with E-state index >= 15 is 0 Å². The first-order chi connectivity index (χ1) is 11.4. The average molecular weight is 358 g/mol. The van der Waals surface area contributed by atoms with E-state index in [9.17, 15) is 18.0 Å². The van der Waals surface area contributed by atoms with Gasteiger partial charge in [-0.05, 0) is 12.1 Å². The number of likely N-dealkylation sites (tertiary alicyclic amines) is 1. The maximum Gasteiger partial charge on any atom is 0.433 e. The molecule has 0 aromatic carbocycles. The first-order valence-electron chi connectivity index (χ1n) is 7.19. The highest BCUT2D eigenvalue weighted by Crippen LogP contribution is 2.27. The zero-order valence-electron chi connectivity index (χ0n) is 12.4. The van der Waals surface area contributed by atoms with Crippen LogP contribution in [0.25, 0.3) is 0 Å². The summed E-state index contributed by atoms with van der Waals surface area (Å²) >= 11 is 1.30. The lowest BCUT2D eigenvalue weighted by Gasteiger charge is -2.31. The Morgan fingerprint density at radius 2 is 2.04 bits per heavy atom. The van der Waals surface area contributed by atoms with E-state index in [1.54, 1.807) is 10.4 Å². The monoisotopic (exact) mass is 358 g/mol. The van der Waals surface area contributed by atoms with Gasteiger partial charge in [0, 0.05) is 32.1 Å². The van der Waals surface area contributed by atoms with Crippen molar-refractivity contribution in [3.05, 3.63) is 35.1 Å². The van der Waals surface area contributed by atoms with Crippen molar-refractivity contribution in [1.29, 1.82) is 0 Å². The largest absolute Gasteiger partial charge is 0.465 e. The predicted molar refractivity (Wildman–Crippen MR) is 78.7 cm³/mol. The molecule has 0 saturated carbocycles. The third kappa shape index (κ3) is 3.81. The lowest BCUT2D eigenvalue weighted by Crippen LogP contribution is -2.41. The van der Waals surface area contributed by atoms with E-state index in [4.69, 9.17) is 4.74 Å². The number of rotatable bonds is 3. The Balaban J connectivity index is 1.57. The second-order valence-electron chi connectivity index (χ2n) is 5.24. The lowest BCUT2D eigenvalue weighted by molar-refractivity contribution is -0.141. The lowest BCUT2D eigenvalue weighted by atomic mass is 10.1. The number of aromatic nitrogens is 3. The number of alkyl halides is 3. The van der Waals surface area contributed by atoms with Gasteiger partial charge in [0.2, 0.25) is 0 Å². The van der Waals surface area contributed by atoms with E-state index in [0.29, 0.717) is 31.1 Å². The van der Waals surface area contributed by atoms with Gasteiger partial charge in [-0.25, -0.2) is 0 Å². The molecule has 1 fully saturated rings. The quantitative estimate of drug-likeness (QED) is 0.844. The maximum atomic E-state index is 12.5. The number of hydrogen-bond donors (Lipinski definition) is 0. The second-order valence-corrected chi connectivity index (χ2v) is 6.04. The third-order valence-electron chi connectivity index (χ3n) is 3.64. The molecule has 0 aliphatic carbocycles. The van der Waals surface area contributed by atoms with Crippen LogP contribution < -0.4 is 4.74 Å². The fourth-order valence-electron chi connectivity index (χ4n) is 2.40. The van der Waals surface area contributed by atoms with Crippen molar-refractivity contribution in [3.63, 3.8) is 0 Å². The Morgan fingerprint density at radius 3 is 2.58 bits per heavy atom. The highest BCUT2D eigenvalue weighted by Gasteiger charge is 2.32. The van der Waals surface area contributed by atoms with Crippen LogP contribution in [0, 0.1) is 0 Å². The number of hydrogen-bond acceptors (Lipinski definition) is 6. The van der Waals surface area contributed by atoms with Crippen LogP contribution in [-0.2, 0) is 6.18 Å². The number of halogens is 3. The number of amides is 1. The van der Waals surface area contributed by atoms with Crippen molar-refractivity contribution < 1.29 is 22.7 Å². The van der Waals surface area contributed by atoms with E-state index in [-0.39, 0.29) is 17.6 Å². The molecular formula is C14H13F3N4O2S. The standard InChI is InChI=1S/C14H13F3N4O2S/c15-14(16,17)11-2-1-9(7-18-11)12(22)21-5-3-10(4-6-21)23-13-20-19-8-24-13/h1-2,7-8,10H,3-6H2. The molecule has 128 valence electrons. The summed E-state index contributed by atoms with van der Waals surface area (Å²) in [6, 6.07) is 1.97. The van der Waals surface area contributed by atoms with Gasteiger partial charge in [0.15, 0.2) is 0 Å². The van der Waals surface area contributed by atoms with Crippen LogP contribution in [0.4, 0.5) is 13.2 Å². The van der Waals surface area contributed by atoms with Crippen molar-refractivity contribution in [2.45, 2.75) is 25.1 Å². The van der Waals surface area contributed by atoms with E-state index in [1.165, 1.54) is 11.3 Å². The molecule has 1 aliphatic rings. The number of piperidine rings is 1. The summed E-state index contributed by atoms with van der Waals surface area (Å²) in [4.78, 5) is 17.2. The minimum absolute atomic E-state index is 0.0484. The summed E-state index contributed by atoms with van der Waals surface area (Å²) in [5.74, 6) is -0.328. The zero-order chi connectivity index (χ0) is 17.2. The molecular weight excluding hydrogens is 345 g/mol. The van der Waals surface area contributed by atoms with Crippen LogP contribution in [0.2, 0.25) is 0 Å². The second kappa shape index (κ2) is 6.71. The van der Waals surface area contributed by atoms with Gasteiger partial charge in [0.05, 0.1) is 5.56 Å². The van der Waals surface area contributed by atoms with Gasteiger partial charge in [-0.2, -0.15) is 13.2 Å². The zero-order valence-corrected chi connectivity index (χ0v) is 13.2. The van der Waals surface area contributed by atoms with Crippen LogP contribution in [0.1, 0.15) is 28.9 Å². The molecule has 1 saturated heterocycles. The Hall–Kier alpha value is -2.23. The van der Waals surface area contributed by atoms with Gasteiger partial charge >= 0.3 is 6.18 Å². The SMILES string of the molecule is O=C(c1ccc(C(F)(F)F)nc1)N1CCC(Oc2nncs2)CC1. The number of carbonyl (C=O) groups is 1. The van der Waals surface area contributed by atoms with Crippen molar-refractivity contribution in [2.75, 3.05) is 13.1 Å². The molecule has 0 N–H and O–H groups in total. The summed E-state index contributed by atoms with van der Waals surface area (Å²) in [5.41, 5.74) is 0.709. The Morgan fingerprint density at radius 1 is 1.29 bits per heavy atom. The summed E-state index contributed by atoms with van der Waals surface area (Å²) in [5, 5.41) is 7.98. The molecule has 0 unspecified atom stereocenters. The molecule has 0 spiro atoms. The maximum absolute atomic E-state index is 12.5. The van der Waals surface area contributed by atoms with Crippen LogP contribution in [-0.4, -0.2) is 45.2 Å². The molecule has 0 bridgehead atoms. The highest BCUT2D eigenvalue weighted by atomic mass is 32.1. The molecule has 10 heteroatoms. The molecule has 1 amide bonds. The predicted octanol–water partition coefficient (Wildman–Crippen LogP) is 2.64. The molecule has 1 aliphatic heterocycles. The van der Waals surface area contributed by atoms with Crippen molar-refractivity contribution >= 4 is 17.2 Å². The van der Waals surface area contributed by atoms with Crippen LogP contribution in [0.15, 0.2) is 23.8 Å². The summed E-state index contributed by atoms with van der Waals surface area (Å²) < 4.78 is 43.1. The van der Waals surface area contributed by atoms with Gasteiger partial charge in [-0.3, -0.25) is 9.78 Å². The molecule has 3 rings (SSSR count). The Kier molecular flexibility index (Phi) is 4.65. The van der Waals surface area contributed by atoms with E-state index in [0.717, 1.165) is 18.3 Å². The van der Waals surface area contributed by atoms with Crippen molar-refractivity contribution in [2.24, 2.45) is 0 Å². The van der Waals surface area contributed by atoms with Crippen LogP contribution in [0.5, 0.6) is 5.19 Å². The molecule has 3 heterocycles. The van der Waals surface area contributed by atoms with Crippen molar-refractivity contribution in [1.82, 2.24) is 20.1 Å². The first-order valence-corrected chi connectivity index (χ1v) is 8.07. The van der Waals surface area contributed by atoms with Gasteiger partial charge in [0.25, 0.3) is 11.1 Å². The van der Waals surface area contributed by atoms with Gasteiger partial charge in [-0.1, -0.05) is 11.3 Å². The van der Waals surface area contributed by atoms with Gasteiger partial charge in [-0.15, -0.1) is 10.2 Å². The van der Waals surface area contributed by atoms with Crippen LogP contribution >= 0.6 is 11.3 Å². The Labute approximate surface area is 139 Å². The van der Waals surface area contributed by atoms with E-state index in [2.05, 4.69) is 15.2 Å². The van der Waals surface area contributed by atoms with Crippen LogP contribution in [0.3, 0.4) is 0 Å². The minimum Gasteiger partial charge on any atom is -0.465 e. The molecule has 2 aromatic heterocycles. The van der Waals surface area contributed by atoms with E-state index in [1.807, 2.05) is 0 Å². The number of pyridine rings is 1. The number of nitrogens with zero attached hydrogens (tertiary/aromatic N) is 4. The fraction of sp³-hybridized carbons (Fsp3) is 0.429. The Bertz CT molecular complexity index is 683. The fourth-order valence-corrected chi connectivity index (χ4v) is 2.87. The molecule has 2 aromatic rings. The average Bonchev–Trinajstić information content (AvgIpc) is 3.07.